The summed E-state index contributed by atoms with van der Waals surface area (Å²) in [7, 11) is 0. The molecule has 46 heavy (non-hydrogen) atoms. The van der Waals surface area contributed by atoms with E-state index in [0.717, 1.165) is 5.57 Å². The molecule has 2 atom stereocenters. The molecule has 4 aromatic carbocycles. The third kappa shape index (κ3) is 4.17. The molecule has 10 nitrogen and oxygen atoms in total. The molecule has 1 aliphatic rings. The fourth-order valence-corrected chi connectivity index (χ4v) is 6.50. The lowest BCUT2D eigenvalue weighted by molar-refractivity contribution is 0.325. The first-order valence-corrected chi connectivity index (χ1v) is 14.5. The van der Waals surface area contributed by atoms with E-state index in [0.29, 0.717) is 12.8 Å². The molecule has 0 radical (unpaired) electrons. The van der Waals surface area contributed by atoms with Crippen molar-refractivity contribution in [3.05, 3.63) is 97.8 Å². The van der Waals surface area contributed by atoms with Crippen LogP contribution in [0.2, 0.25) is 0 Å². The average molecular weight is 621 g/mol. The molecule has 0 saturated carbocycles. The van der Waals surface area contributed by atoms with Crippen molar-refractivity contribution in [2.24, 2.45) is 5.41 Å². The van der Waals surface area contributed by atoms with Gasteiger partial charge < -0.3 is 39.5 Å². The molecule has 6 aromatic rings. The molecule has 0 spiro atoms. The molecule has 1 aliphatic carbocycles. The molecular weight excluding hydrogens is 592 g/mol. The Hall–Kier alpha value is -5.90. The van der Waals surface area contributed by atoms with Crippen LogP contribution in [0.1, 0.15) is 43.7 Å². The van der Waals surface area contributed by atoms with Crippen molar-refractivity contribution in [2.75, 3.05) is 0 Å². The number of aromatic hydroxyl groups is 6. The van der Waals surface area contributed by atoms with E-state index in [9.17, 15) is 40.2 Å². The topological polar surface area (TPSA) is 182 Å². The second kappa shape index (κ2) is 10.1. The van der Waals surface area contributed by atoms with E-state index in [1.165, 1.54) is 48.5 Å². The number of hydrogen-bond donors (Lipinski definition) is 6. The predicted octanol–water partition coefficient (Wildman–Crippen LogP) is 6.98. The Morgan fingerprint density at radius 1 is 0.739 bits per heavy atom. The lowest BCUT2D eigenvalue weighted by Crippen LogP contribution is -2.26. The van der Waals surface area contributed by atoms with Gasteiger partial charge in [-0.25, -0.2) is 0 Å². The van der Waals surface area contributed by atoms with Gasteiger partial charge in [-0.1, -0.05) is 42.9 Å². The zero-order chi connectivity index (χ0) is 32.7. The second-order valence-corrected chi connectivity index (χ2v) is 12.1. The highest BCUT2D eigenvalue weighted by atomic mass is 16.4. The smallest absolute Gasteiger partial charge is 0.204 e. The minimum Gasteiger partial charge on any atom is -0.507 e. The summed E-state index contributed by atoms with van der Waals surface area (Å²) in [5, 5.41) is 64.9. The van der Waals surface area contributed by atoms with Gasteiger partial charge in [0.2, 0.25) is 10.9 Å². The summed E-state index contributed by atoms with van der Waals surface area (Å²) < 4.78 is 11.6. The largest absolute Gasteiger partial charge is 0.507 e. The molecular formula is C36H28O10. The molecule has 0 fully saturated rings. The minimum atomic E-state index is -0.754. The van der Waals surface area contributed by atoms with Gasteiger partial charge in [-0.2, -0.15) is 0 Å². The molecule has 0 unspecified atom stereocenters. The highest BCUT2D eigenvalue weighted by molar-refractivity contribution is 6.00. The standard InChI is InChI=1S/C36H28O10/c1-16-9-11-36(2,12-10-17-14-24(39)26-29(42)18-5-3-7-22(37)32(18)45-34(26)28(17)41)21(13-16)20-15-25(40)27-30(43)19-6-4-8-23(38)33(19)46-35(27)31(20)44/h3-8,10,12-15,21,37-41,44H,9,11H2,1-2H3/b12-10+/t21-,36+/m0/s1. The van der Waals surface area contributed by atoms with Crippen molar-refractivity contribution in [1.29, 1.82) is 0 Å². The van der Waals surface area contributed by atoms with E-state index in [2.05, 4.69) is 0 Å². The number of allylic oxidation sites excluding steroid dienone is 3. The lowest BCUT2D eigenvalue weighted by atomic mass is 9.66. The normalized spacial score (nSPS) is 18.7. The first-order valence-electron chi connectivity index (χ1n) is 14.5. The van der Waals surface area contributed by atoms with Crippen LogP contribution in [0.5, 0.6) is 34.5 Å². The Kier molecular flexibility index (Phi) is 6.31. The first kappa shape index (κ1) is 28.8. The SMILES string of the molecule is CC1=C[C@@H](c2cc(O)c3c(=O)c4cccc(O)c4oc3c2O)[C@@](C)(/C=C/c2cc(O)c3c(=O)c4cccc(O)c4oc3c2O)CC1. The van der Waals surface area contributed by atoms with E-state index in [-0.39, 0.29) is 72.3 Å². The van der Waals surface area contributed by atoms with Crippen molar-refractivity contribution in [2.45, 2.75) is 32.6 Å². The molecule has 232 valence electrons. The molecule has 2 heterocycles. The van der Waals surface area contributed by atoms with Gasteiger partial charge in [0.05, 0.1) is 10.8 Å². The fraction of sp³-hybridized carbons (Fsp3) is 0.167. The Balaban J connectivity index is 1.39. The van der Waals surface area contributed by atoms with Gasteiger partial charge in [0.25, 0.3) is 0 Å². The van der Waals surface area contributed by atoms with E-state index >= 15 is 0 Å². The minimum absolute atomic E-state index is 0.0442. The lowest BCUT2D eigenvalue weighted by Gasteiger charge is -2.38. The van der Waals surface area contributed by atoms with Gasteiger partial charge in [0.1, 0.15) is 22.3 Å². The number of para-hydroxylation sites is 2. The Labute approximate surface area is 259 Å². The van der Waals surface area contributed by atoms with Gasteiger partial charge in [-0.3, -0.25) is 9.59 Å². The van der Waals surface area contributed by atoms with Crippen LogP contribution in [0, 0.1) is 5.41 Å². The van der Waals surface area contributed by atoms with Crippen LogP contribution in [0.3, 0.4) is 0 Å². The summed E-state index contributed by atoms with van der Waals surface area (Å²) in [6.07, 6.45) is 6.57. The molecule has 0 saturated heterocycles. The van der Waals surface area contributed by atoms with Crippen LogP contribution in [0.4, 0.5) is 0 Å². The summed E-state index contributed by atoms with van der Waals surface area (Å²) in [6.45, 7) is 3.86. The maximum absolute atomic E-state index is 13.3. The fourth-order valence-electron chi connectivity index (χ4n) is 6.50. The highest BCUT2D eigenvalue weighted by Gasteiger charge is 2.37. The molecule has 0 aliphatic heterocycles. The number of rotatable bonds is 3. The van der Waals surface area contributed by atoms with E-state index in [1.54, 1.807) is 12.2 Å². The molecule has 10 heteroatoms. The van der Waals surface area contributed by atoms with Gasteiger partial charge in [-0.05, 0) is 61.6 Å². The number of hydrogen-bond acceptors (Lipinski definition) is 10. The quantitative estimate of drug-likeness (QED) is 0.0686. The van der Waals surface area contributed by atoms with Crippen molar-refractivity contribution in [1.82, 2.24) is 0 Å². The van der Waals surface area contributed by atoms with Crippen LogP contribution in [0.15, 0.2) is 84.7 Å². The van der Waals surface area contributed by atoms with E-state index in [1.807, 2.05) is 19.9 Å². The Bertz CT molecular complexity index is 2470. The maximum atomic E-state index is 13.3. The van der Waals surface area contributed by atoms with Gasteiger partial charge in [-0.15, -0.1) is 0 Å². The summed E-state index contributed by atoms with van der Waals surface area (Å²) in [5.41, 5.74) is -1.36. The summed E-state index contributed by atoms with van der Waals surface area (Å²) >= 11 is 0. The maximum Gasteiger partial charge on any atom is 0.204 e. The zero-order valence-corrected chi connectivity index (χ0v) is 24.7. The Morgan fingerprint density at radius 3 is 1.87 bits per heavy atom. The van der Waals surface area contributed by atoms with E-state index < -0.39 is 39.4 Å². The van der Waals surface area contributed by atoms with Crippen molar-refractivity contribution in [3.63, 3.8) is 0 Å². The van der Waals surface area contributed by atoms with Crippen molar-refractivity contribution in [3.8, 4) is 34.5 Å². The zero-order valence-electron chi connectivity index (χ0n) is 24.7. The summed E-state index contributed by atoms with van der Waals surface area (Å²) in [4.78, 5) is 26.4. The van der Waals surface area contributed by atoms with Crippen LogP contribution in [0.25, 0.3) is 50.0 Å². The monoisotopic (exact) mass is 620 g/mol. The second-order valence-electron chi connectivity index (χ2n) is 12.1. The third-order valence-corrected chi connectivity index (χ3v) is 9.07. The van der Waals surface area contributed by atoms with Crippen LogP contribution >= 0.6 is 0 Å². The molecule has 0 amide bonds. The van der Waals surface area contributed by atoms with Crippen molar-refractivity contribution < 1.29 is 39.5 Å². The van der Waals surface area contributed by atoms with Gasteiger partial charge in [0, 0.05) is 17.0 Å². The number of benzene rings is 4. The van der Waals surface area contributed by atoms with Crippen LogP contribution in [-0.2, 0) is 0 Å². The van der Waals surface area contributed by atoms with E-state index in [4.69, 9.17) is 8.83 Å². The summed E-state index contributed by atoms with van der Waals surface area (Å²) in [6, 6.07) is 11.1. The molecule has 7 rings (SSSR count). The molecule has 0 bridgehead atoms. The summed E-state index contributed by atoms with van der Waals surface area (Å²) in [5.74, 6) is -2.76. The third-order valence-electron chi connectivity index (χ3n) is 9.07. The Morgan fingerprint density at radius 2 is 1.28 bits per heavy atom. The first-order chi connectivity index (χ1) is 21.9. The number of phenols is 6. The highest BCUT2D eigenvalue weighted by Crippen LogP contribution is 2.52. The van der Waals surface area contributed by atoms with Crippen LogP contribution in [-0.4, -0.2) is 30.6 Å². The van der Waals surface area contributed by atoms with Gasteiger partial charge >= 0.3 is 0 Å². The molecule has 6 N–H and O–H groups in total. The molecule has 2 aromatic heterocycles. The predicted molar refractivity (Wildman–Crippen MR) is 173 cm³/mol. The average Bonchev–Trinajstić information content (AvgIpc) is 3.02. The number of phenolic OH excluding ortho intramolecular Hbond substituents is 6. The van der Waals surface area contributed by atoms with Crippen LogP contribution < -0.4 is 10.9 Å². The number of fused-ring (bicyclic) bond motifs is 4. The van der Waals surface area contributed by atoms with Gasteiger partial charge in [0.15, 0.2) is 45.3 Å². The van der Waals surface area contributed by atoms with Crippen molar-refractivity contribution >= 4 is 50.0 Å².